The van der Waals surface area contributed by atoms with Crippen molar-refractivity contribution >= 4 is 27.7 Å². The number of carbonyl (C=O) groups is 1. The van der Waals surface area contributed by atoms with Gasteiger partial charge in [0.2, 0.25) is 15.9 Å². The van der Waals surface area contributed by atoms with Crippen LogP contribution in [0.2, 0.25) is 0 Å². The van der Waals surface area contributed by atoms with E-state index >= 15 is 0 Å². The molecule has 29 heavy (non-hydrogen) atoms. The van der Waals surface area contributed by atoms with Crippen LogP contribution in [0.1, 0.15) is 18.4 Å². The first-order chi connectivity index (χ1) is 13.9. The smallest absolute Gasteiger partial charge is 0.243 e. The van der Waals surface area contributed by atoms with E-state index in [2.05, 4.69) is 29.6 Å². The molecule has 0 bridgehead atoms. The van der Waals surface area contributed by atoms with Crippen LogP contribution in [-0.2, 0) is 14.8 Å². The molecule has 1 N–H and O–H groups in total. The molecule has 1 atom stereocenters. The molecule has 2 aromatic rings. The molecule has 1 amide bonds. The van der Waals surface area contributed by atoms with Crippen molar-refractivity contribution in [3.8, 4) is 0 Å². The van der Waals surface area contributed by atoms with Gasteiger partial charge in [-0.2, -0.15) is 4.31 Å². The van der Waals surface area contributed by atoms with Gasteiger partial charge in [0.1, 0.15) is 5.82 Å². The second-order valence-electron chi connectivity index (χ2n) is 7.11. The van der Waals surface area contributed by atoms with Crippen molar-refractivity contribution in [2.24, 2.45) is 5.92 Å². The SMILES string of the molecule is Cc1ccc(SCCNC(=O)C2CCCN(S(=O)(=O)c3ccc(F)cc3)C2)cc1. The average molecular weight is 437 g/mol. The van der Waals surface area contributed by atoms with Gasteiger partial charge in [-0.1, -0.05) is 17.7 Å². The third-order valence-electron chi connectivity index (χ3n) is 4.90. The largest absolute Gasteiger partial charge is 0.355 e. The average Bonchev–Trinajstić information content (AvgIpc) is 2.73. The molecule has 0 saturated carbocycles. The van der Waals surface area contributed by atoms with Crippen LogP contribution in [-0.4, -0.2) is 44.0 Å². The number of nitrogens with zero attached hydrogens (tertiary/aromatic N) is 1. The van der Waals surface area contributed by atoms with E-state index in [9.17, 15) is 17.6 Å². The molecular weight excluding hydrogens is 411 g/mol. The van der Waals surface area contributed by atoms with Crippen molar-refractivity contribution < 1.29 is 17.6 Å². The Morgan fingerprint density at radius 2 is 1.86 bits per heavy atom. The van der Waals surface area contributed by atoms with Crippen LogP contribution >= 0.6 is 11.8 Å². The normalized spacial score (nSPS) is 17.8. The first kappa shape index (κ1) is 21.8. The Labute approximate surface area is 175 Å². The highest BCUT2D eigenvalue weighted by Gasteiger charge is 2.33. The molecule has 1 aliphatic rings. The summed E-state index contributed by atoms with van der Waals surface area (Å²) in [6.45, 7) is 3.08. The van der Waals surface area contributed by atoms with E-state index in [1.54, 1.807) is 11.8 Å². The number of hydrogen-bond donors (Lipinski definition) is 1. The van der Waals surface area contributed by atoms with Crippen LogP contribution < -0.4 is 5.32 Å². The van der Waals surface area contributed by atoms with Crippen molar-refractivity contribution in [2.45, 2.75) is 29.6 Å². The predicted octanol–water partition coefficient (Wildman–Crippen LogP) is 3.44. The Hall–Kier alpha value is -1.90. The number of benzene rings is 2. The van der Waals surface area contributed by atoms with Gasteiger partial charge in [-0.3, -0.25) is 4.79 Å². The van der Waals surface area contributed by atoms with Crippen LogP contribution in [0, 0.1) is 18.7 Å². The highest BCUT2D eigenvalue weighted by atomic mass is 32.2. The van der Waals surface area contributed by atoms with Crippen molar-refractivity contribution in [3.05, 3.63) is 59.9 Å². The van der Waals surface area contributed by atoms with E-state index in [1.807, 2.05) is 6.92 Å². The standard InChI is InChI=1S/C21H25FN2O3S2/c1-16-4-8-19(9-5-16)28-14-12-23-21(25)17-3-2-13-24(15-17)29(26,27)20-10-6-18(22)7-11-20/h4-11,17H,2-3,12-15H2,1H3,(H,23,25). The summed E-state index contributed by atoms with van der Waals surface area (Å²) in [7, 11) is -3.73. The lowest BCUT2D eigenvalue weighted by molar-refractivity contribution is -0.125. The topological polar surface area (TPSA) is 66.5 Å². The summed E-state index contributed by atoms with van der Waals surface area (Å²) in [5.41, 5.74) is 1.21. The van der Waals surface area contributed by atoms with Crippen LogP contribution in [0.15, 0.2) is 58.3 Å². The maximum absolute atomic E-state index is 13.1. The van der Waals surface area contributed by atoms with E-state index < -0.39 is 15.8 Å². The number of piperidine rings is 1. The third-order valence-corrected chi connectivity index (χ3v) is 7.79. The highest BCUT2D eigenvalue weighted by Crippen LogP contribution is 2.24. The first-order valence-electron chi connectivity index (χ1n) is 9.59. The van der Waals surface area contributed by atoms with E-state index in [1.165, 1.54) is 22.0 Å². The number of thioether (sulfide) groups is 1. The van der Waals surface area contributed by atoms with Crippen molar-refractivity contribution in [3.63, 3.8) is 0 Å². The summed E-state index contributed by atoms with van der Waals surface area (Å²) in [5.74, 6) is -0.223. The molecule has 0 aromatic heterocycles. The van der Waals surface area contributed by atoms with E-state index in [0.717, 1.165) is 22.8 Å². The summed E-state index contributed by atoms with van der Waals surface area (Å²) in [5, 5.41) is 2.92. The second kappa shape index (κ2) is 9.73. The zero-order chi connectivity index (χ0) is 20.9. The lowest BCUT2D eigenvalue weighted by Crippen LogP contribution is -2.45. The second-order valence-corrected chi connectivity index (χ2v) is 10.2. The fraction of sp³-hybridized carbons (Fsp3) is 0.381. The number of halogens is 1. The maximum atomic E-state index is 13.1. The van der Waals surface area contributed by atoms with Gasteiger partial charge < -0.3 is 5.32 Å². The van der Waals surface area contributed by atoms with E-state index in [-0.39, 0.29) is 23.3 Å². The Kier molecular flexibility index (Phi) is 7.32. The third kappa shape index (κ3) is 5.81. The molecule has 0 aliphatic carbocycles. The summed E-state index contributed by atoms with van der Waals surface area (Å²) < 4.78 is 40.0. The Morgan fingerprint density at radius 3 is 2.55 bits per heavy atom. The number of hydrogen-bond acceptors (Lipinski definition) is 4. The molecule has 1 aliphatic heterocycles. The van der Waals surface area contributed by atoms with Crippen molar-refractivity contribution in [1.82, 2.24) is 9.62 Å². The summed E-state index contributed by atoms with van der Waals surface area (Å²) >= 11 is 1.67. The molecule has 5 nitrogen and oxygen atoms in total. The molecule has 0 radical (unpaired) electrons. The molecule has 1 fully saturated rings. The minimum Gasteiger partial charge on any atom is -0.355 e. The van der Waals surface area contributed by atoms with Gasteiger partial charge in [0.05, 0.1) is 10.8 Å². The quantitative estimate of drug-likeness (QED) is 0.533. The highest BCUT2D eigenvalue weighted by molar-refractivity contribution is 7.99. The van der Waals surface area contributed by atoms with Gasteiger partial charge in [0, 0.05) is 30.3 Å². The van der Waals surface area contributed by atoms with Gasteiger partial charge in [0.25, 0.3) is 0 Å². The minimum atomic E-state index is -3.73. The summed E-state index contributed by atoms with van der Waals surface area (Å²) in [6, 6.07) is 13.0. The molecule has 1 heterocycles. The molecule has 3 rings (SSSR count). The molecule has 0 spiro atoms. The zero-order valence-corrected chi connectivity index (χ0v) is 17.9. The summed E-state index contributed by atoms with van der Waals surface area (Å²) in [6.07, 6.45) is 1.28. The number of aryl methyl sites for hydroxylation is 1. The molecule has 156 valence electrons. The van der Waals surface area contributed by atoms with Gasteiger partial charge in [-0.05, 0) is 56.2 Å². The number of carbonyl (C=O) groups excluding carboxylic acids is 1. The molecule has 2 aromatic carbocycles. The number of nitrogens with one attached hydrogen (secondary N) is 1. The number of amides is 1. The molecule has 8 heteroatoms. The van der Waals surface area contributed by atoms with Crippen LogP contribution in [0.5, 0.6) is 0 Å². The summed E-state index contributed by atoms with van der Waals surface area (Å²) in [4.78, 5) is 13.7. The lowest BCUT2D eigenvalue weighted by Gasteiger charge is -2.31. The van der Waals surface area contributed by atoms with E-state index in [0.29, 0.717) is 25.9 Å². The van der Waals surface area contributed by atoms with Crippen LogP contribution in [0.4, 0.5) is 4.39 Å². The van der Waals surface area contributed by atoms with Crippen molar-refractivity contribution in [1.29, 1.82) is 0 Å². The fourth-order valence-corrected chi connectivity index (χ4v) is 5.54. The molecule has 1 saturated heterocycles. The van der Waals surface area contributed by atoms with Gasteiger partial charge in [0.15, 0.2) is 0 Å². The van der Waals surface area contributed by atoms with Crippen LogP contribution in [0.25, 0.3) is 0 Å². The van der Waals surface area contributed by atoms with Crippen molar-refractivity contribution in [2.75, 3.05) is 25.4 Å². The maximum Gasteiger partial charge on any atom is 0.243 e. The molecular formula is C21H25FN2O3S2. The Bertz CT molecular complexity index is 931. The zero-order valence-electron chi connectivity index (χ0n) is 16.3. The first-order valence-corrected chi connectivity index (χ1v) is 12.0. The Morgan fingerprint density at radius 1 is 1.17 bits per heavy atom. The number of rotatable bonds is 7. The minimum absolute atomic E-state index is 0.0504. The van der Waals surface area contributed by atoms with Gasteiger partial charge in [-0.25, -0.2) is 12.8 Å². The lowest BCUT2D eigenvalue weighted by atomic mass is 9.99. The Balaban J connectivity index is 1.51. The monoisotopic (exact) mass is 436 g/mol. The van der Waals surface area contributed by atoms with E-state index in [4.69, 9.17) is 0 Å². The van der Waals surface area contributed by atoms with Gasteiger partial charge in [-0.15, -0.1) is 11.8 Å². The van der Waals surface area contributed by atoms with Crippen LogP contribution in [0.3, 0.4) is 0 Å². The van der Waals surface area contributed by atoms with Gasteiger partial charge >= 0.3 is 0 Å². The number of sulfonamides is 1. The predicted molar refractivity (Wildman–Crippen MR) is 113 cm³/mol. The fourth-order valence-electron chi connectivity index (χ4n) is 3.25. The molecule has 1 unspecified atom stereocenters.